The Labute approximate surface area is 163 Å². The molecule has 1 heterocycles. The van der Waals surface area contributed by atoms with Crippen molar-refractivity contribution in [3.05, 3.63) is 59.4 Å². The molecule has 1 aliphatic carbocycles. The first-order valence-corrected chi connectivity index (χ1v) is 10.0. The maximum atomic E-state index is 5.45. The second kappa shape index (κ2) is 7.64. The highest BCUT2D eigenvalue weighted by molar-refractivity contribution is 7.98. The first-order chi connectivity index (χ1) is 13.2. The molecular formula is C21H23N3O2S. The zero-order valence-corrected chi connectivity index (χ0v) is 16.6. The summed E-state index contributed by atoms with van der Waals surface area (Å²) in [6.45, 7) is 2.09. The van der Waals surface area contributed by atoms with E-state index >= 15 is 0 Å². The van der Waals surface area contributed by atoms with Gasteiger partial charge in [0.25, 0.3) is 0 Å². The fourth-order valence-corrected chi connectivity index (χ4v) is 4.14. The van der Waals surface area contributed by atoms with Gasteiger partial charge in [-0.05, 0) is 55.2 Å². The van der Waals surface area contributed by atoms with Gasteiger partial charge in [0.2, 0.25) is 0 Å². The second-order valence-corrected chi connectivity index (χ2v) is 7.65. The van der Waals surface area contributed by atoms with E-state index in [1.54, 1.807) is 26.0 Å². The molecule has 0 spiro atoms. The molecule has 0 amide bonds. The van der Waals surface area contributed by atoms with Gasteiger partial charge < -0.3 is 9.47 Å². The number of nitrogens with zero attached hydrogens (tertiary/aromatic N) is 3. The van der Waals surface area contributed by atoms with E-state index < -0.39 is 0 Å². The van der Waals surface area contributed by atoms with E-state index in [1.165, 1.54) is 24.0 Å². The smallest absolute Gasteiger partial charge is 0.196 e. The van der Waals surface area contributed by atoms with Gasteiger partial charge in [-0.1, -0.05) is 30.0 Å². The fourth-order valence-electron chi connectivity index (χ4n) is 3.12. The van der Waals surface area contributed by atoms with Crippen molar-refractivity contribution in [1.29, 1.82) is 0 Å². The van der Waals surface area contributed by atoms with Crippen LogP contribution < -0.4 is 9.47 Å². The Hall–Kier alpha value is -2.47. The highest BCUT2D eigenvalue weighted by atomic mass is 32.2. The summed E-state index contributed by atoms with van der Waals surface area (Å²) in [4.78, 5) is 0. The average Bonchev–Trinajstić information content (AvgIpc) is 3.46. The second-order valence-electron chi connectivity index (χ2n) is 6.71. The molecule has 1 saturated carbocycles. The van der Waals surface area contributed by atoms with Gasteiger partial charge in [0, 0.05) is 17.4 Å². The van der Waals surface area contributed by atoms with Crippen molar-refractivity contribution in [3.63, 3.8) is 0 Å². The van der Waals surface area contributed by atoms with Crippen molar-refractivity contribution in [2.45, 2.75) is 36.6 Å². The topological polar surface area (TPSA) is 49.2 Å². The van der Waals surface area contributed by atoms with Gasteiger partial charge in [-0.15, -0.1) is 10.2 Å². The molecule has 1 aromatic heterocycles. The molecule has 0 atom stereocenters. The lowest BCUT2D eigenvalue weighted by Gasteiger charge is -2.13. The van der Waals surface area contributed by atoms with Gasteiger partial charge >= 0.3 is 0 Å². The number of benzene rings is 2. The third-order valence-corrected chi connectivity index (χ3v) is 5.79. The predicted molar refractivity (Wildman–Crippen MR) is 107 cm³/mol. The van der Waals surface area contributed by atoms with Gasteiger partial charge in [-0.3, -0.25) is 4.57 Å². The minimum absolute atomic E-state index is 0.537. The Balaban J connectivity index is 1.63. The normalized spacial score (nSPS) is 13.6. The molecule has 0 saturated heterocycles. The number of para-hydroxylation sites is 1. The maximum Gasteiger partial charge on any atom is 0.196 e. The molecule has 4 rings (SSSR count). The van der Waals surface area contributed by atoms with E-state index in [4.69, 9.17) is 9.47 Å². The van der Waals surface area contributed by atoms with Crippen LogP contribution in [0, 0.1) is 6.92 Å². The van der Waals surface area contributed by atoms with Crippen LogP contribution in [0.15, 0.2) is 47.6 Å². The Bertz CT molecular complexity index is 936. The van der Waals surface area contributed by atoms with Crippen molar-refractivity contribution >= 4 is 11.8 Å². The number of hydrogen-bond acceptors (Lipinski definition) is 5. The summed E-state index contributed by atoms with van der Waals surface area (Å²) in [6.07, 6.45) is 2.40. The number of rotatable bonds is 7. The monoisotopic (exact) mass is 381 g/mol. The minimum atomic E-state index is 0.537. The van der Waals surface area contributed by atoms with Gasteiger partial charge in [0.05, 0.1) is 14.2 Å². The van der Waals surface area contributed by atoms with E-state index in [2.05, 4.69) is 46.0 Å². The van der Waals surface area contributed by atoms with Crippen LogP contribution >= 0.6 is 11.8 Å². The Morgan fingerprint density at radius 3 is 2.41 bits per heavy atom. The molecule has 1 fully saturated rings. The van der Waals surface area contributed by atoms with Crippen molar-refractivity contribution < 1.29 is 9.47 Å². The zero-order valence-electron chi connectivity index (χ0n) is 15.8. The largest absolute Gasteiger partial charge is 0.493 e. The molecule has 0 N–H and O–H groups in total. The quantitative estimate of drug-likeness (QED) is 0.552. The van der Waals surface area contributed by atoms with E-state index in [9.17, 15) is 0 Å². The third-order valence-electron chi connectivity index (χ3n) is 4.81. The highest BCUT2D eigenvalue weighted by Crippen LogP contribution is 2.41. The first kappa shape index (κ1) is 17.9. The minimum Gasteiger partial charge on any atom is -0.493 e. The van der Waals surface area contributed by atoms with Crippen LogP contribution in [0.5, 0.6) is 11.5 Å². The van der Waals surface area contributed by atoms with Crippen molar-refractivity contribution in [2.75, 3.05) is 14.2 Å². The van der Waals surface area contributed by atoms with Crippen molar-refractivity contribution in [2.24, 2.45) is 0 Å². The molecule has 0 bridgehead atoms. The maximum absolute atomic E-state index is 5.45. The van der Waals surface area contributed by atoms with Crippen LogP contribution in [0.4, 0.5) is 0 Å². The summed E-state index contributed by atoms with van der Waals surface area (Å²) >= 11 is 1.70. The number of aromatic nitrogens is 3. The number of hydrogen-bond donors (Lipinski definition) is 0. The average molecular weight is 382 g/mol. The van der Waals surface area contributed by atoms with Crippen LogP contribution in [0.25, 0.3) is 5.69 Å². The molecule has 2 aromatic carbocycles. The molecule has 0 unspecified atom stereocenters. The van der Waals surface area contributed by atoms with Gasteiger partial charge in [-0.25, -0.2) is 0 Å². The summed E-state index contributed by atoms with van der Waals surface area (Å²) in [7, 11) is 3.32. The molecule has 6 heteroatoms. The SMILES string of the molecule is COc1cc(C)c(CSc2nnc(C3CC3)n2-c2ccccc2)cc1OC. The molecule has 140 valence electrons. The van der Waals surface area contributed by atoms with Gasteiger partial charge in [-0.2, -0.15) is 0 Å². The van der Waals surface area contributed by atoms with Crippen LogP contribution in [-0.2, 0) is 5.75 Å². The summed E-state index contributed by atoms with van der Waals surface area (Å²) < 4.78 is 13.1. The molecule has 27 heavy (non-hydrogen) atoms. The summed E-state index contributed by atoms with van der Waals surface area (Å²) in [5, 5.41) is 9.92. The van der Waals surface area contributed by atoms with E-state index in [-0.39, 0.29) is 0 Å². The standard InChI is InChI=1S/C21H23N3O2S/c1-14-11-18(25-2)19(26-3)12-16(14)13-27-21-23-22-20(15-9-10-15)24(21)17-7-5-4-6-8-17/h4-8,11-12,15H,9-10,13H2,1-3H3. The number of ether oxygens (including phenoxy) is 2. The lowest BCUT2D eigenvalue weighted by molar-refractivity contribution is 0.354. The van der Waals surface area contributed by atoms with Crippen molar-refractivity contribution in [3.8, 4) is 17.2 Å². The number of aryl methyl sites for hydroxylation is 1. The van der Waals surface area contributed by atoms with E-state index in [1.807, 2.05) is 18.2 Å². The summed E-state index contributed by atoms with van der Waals surface area (Å²) in [5.41, 5.74) is 3.50. The third kappa shape index (κ3) is 3.67. The first-order valence-electron chi connectivity index (χ1n) is 9.06. The molecule has 0 aliphatic heterocycles. The lowest BCUT2D eigenvalue weighted by Crippen LogP contribution is -2.02. The van der Waals surface area contributed by atoms with Crippen molar-refractivity contribution in [1.82, 2.24) is 14.8 Å². The van der Waals surface area contributed by atoms with Crippen LogP contribution in [0.1, 0.15) is 35.7 Å². The molecule has 5 nitrogen and oxygen atoms in total. The molecular weight excluding hydrogens is 358 g/mol. The Kier molecular flexibility index (Phi) is 5.07. The number of thioether (sulfide) groups is 1. The lowest BCUT2D eigenvalue weighted by atomic mass is 10.1. The fraction of sp³-hybridized carbons (Fsp3) is 0.333. The highest BCUT2D eigenvalue weighted by Gasteiger charge is 2.31. The molecule has 0 radical (unpaired) electrons. The molecule has 3 aromatic rings. The van der Waals surface area contributed by atoms with Gasteiger partial charge in [0.15, 0.2) is 16.7 Å². The summed E-state index contributed by atoms with van der Waals surface area (Å²) in [6, 6.07) is 14.4. The number of methoxy groups -OCH3 is 2. The zero-order chi connectivity index (χ0) is 18.8. The van der Waals surface area contributed by atoms with Crippen LogP contribution in [0.3, 0.4) is 0 Å². The van der Waals surface area contributed by atoms with E-state index in [0.29, 0.717) is 5.92 Å². The van der Waals surface area contributed by atoms with Crippen LogP contribution in [-0.4, -0.2) is 29.0 Å². The van der Waals surface area contributed by atoms with Crippen LogP contribution in [0.2, 0.25) is 0 Å². The Morgan fingerprint density at radius 1 is 1.04 bits per heavy atom. The Morgan fingerprint density at radius 2 is 1.74 bits per heavy atom. The van der Waals surface area contributed by atoms with E-state index in [0.717, 1.165) is 33.9 Å². The predicted octanol–water partition coefficient (Wildman–Crippen LogP) is 4.76. The molecule has 1 aliphatic rings. The van der Waals surface area contributed by atoms with Gasteiger partial charge in [0.1, 0.15) is 5.82 Å². The summed E-state index contributed by atoms with van der Waals surface area (Å²) in [5.74, 6) is 3.92.